The van der Waals surface area contributed by atoms with E-state index in [0.717, 1.165) is 0 Å². The molecule has 6 heteroatoms. The summed E-state index contributed by atoms with van der Waals surface area (Å²) in [6, 6.07) is 0. The Morgan fingerprint density at radius 2 is 1.89 bits per heavy atom. The van der Waals surface area contributed by atoms with Gasteiger partial charge in [0.05, 0.1) is 6.61 Å². The van der Waals surface area contributed by atoms with Crippen LogP contribution in [0.4, 0.5) is 4.79 Å². The molecule has 1 saturated heterocycles. The highest BCUT2D eigenvalue weighted by Gasteiger charge is 2.41. The summed E-state index contributed by atoms with van der Waals surface area (Å²) in [4.78, 5) is 11.5. The van der Waals surface area contributed by atoms with Crippen LogP contribution in [0.5, 0.6) is 0 Å². The molecule has 1 fully saturated rings. The molecule has 1 rings (SSSR count). The van der Waals surface area contributed by atoms with Crippen molar-refractivity contribution >= 4 is 6.09 Å². The first-order chi connectivity index (χ1) is 8.13. The van der Waals surface area contributed by atoms with Crippen LogP contribution in [0.1, 0.15) is 34.6 Å². The van der Waals surface area contributed by atoms with Gasteiger partial charge in [-0.15, -0.1) is 0 Å². The second kappa shape index (κ2) is 5.42. The van der Waals surface area contributed by atoms with E-state index in [9.17, 15) is 9.90 Å². The highest BCUT2D eigenvalue weighted by molar-refractivity contribution is 5.67. The van der Waals surface area contributed by atoms with Gasteiger partial charge in [0.15, 0.2) is 5.79 Å². The van der Waals surface area contributed by atoms with E-state index in [1.807, 2.05) is 0 Å². The van der Waals surface area contributed by atoms with Gasteiger partial charge in [-0.1, -0.05) is 0 Å². The van der Waals surface area contributed by atoms with E-state index in [2.05, 4.69) is 5.32 Å². The summed E-state index contributed by atoms with van der Waals surface area (Å²) in [5.41, 5.74) is -0.535. The number of nitrogens with one attached hydrogen (secondary N) is 1. The molecule has 0 unspecified atom stereocenters. The summed E-state index contributed by atoms with van der Waals surface area (Å²) in [6.07, 6.45) is -1.32. The number of amides is 1. The van der Waals surface area contributed by atoms with Gasteiger partial charge in [0, 0.05) is 6.54 Å². The van der Waals surface area contributed by atoms with Gasteiger partial charge in [0.25, 0.3) is 0 Å². The molecule has 18 heavy (non-hydrogen) atoms. The minimum absolute atomic E-state index is 0.149. The van der Waals surface area contributed by atoms with E-state index in [1.54, 1.807) is 34.6 Å². The monoisotopic (exact) mass is 261 g/mol. The minimum atomic E-state index is -0.742. The molecule has 0 aromatic carbocycles. The number of carbonyl (C=O) groups is 1. The molecule has 0 saturated carbocycles. The lowest BCUT2D eigenvalue weighted by atomic mass is 10.2. The van der Waals surface area contributed by atoms with E-state index >= 15 is 0 Å². The first kappa shape index (κ1) is 15.2. The van der Waals surface area contributed by atoms with Crippen LogP contribution in [0.25, 0.3) is 0 Å². The first-order valence-corrected chi connectivity index (χ1v) is 6.06. The van der Waals surface area contributed by atoms with E-state index < -0.39 is 23.6 Å². The number of ether oxygens (including phenoxy) is 3. The standard InChI is InChI=1S/C12H23NO5/c1-11(2,3)18-10(15)13-6-8-9(7-14)17-12(4,5)16-8/h8-9,14H,6-7H2,1-5H3,(H,13,15)/t8-,9-/m1/s1. The van der Waals surface area contributed by atoms with Crippen LogP contribution in [0.3, 0.4) is 0 Å². The molecular formula is C12H23NO5. The van der Waals surface area contributed by atoms with Crippen LogP contribution in [0, 0.1) is 0 Å². The van der Waals surface area contributed by atoms with Crippen LogP contribution in [0.15, 0.2) is 0 Å². The van der Waals surface area contributed by atoms with Crippen molar-refractivity contribution < 1.29 is 24.1 Å². The third-order valence-electron chi connectivity index (χ3n) is 2.31. The van der Waals surface area contributed by atoms with Crippen molar-refractivity contribution in [1.82, 2.24) is 5.32 Å². The highest BCUT2D eigenvalue weighted by Crippen LogP contribution is 2.27. The maximum atomic E-state index is 11.5. The SMILES string of the molecule is CC(C)(C)OC(=O)NC[C@H]1OC(C)(C)O[C@@H]1CO. The van der Waals surface area contributed by atoms with E-state index in [1.165, 1.54) is 0 Å². The summed E-state index contributed by atoms with van der Waals surface area (Å²) < 4.78 is 16.2. The molecule has 2 N–H and O–H groups in total. The van der Waals surface area contributed by atoms with Crippen molar-refractivity contribution in [2.45, 2.75) is 58.2 Å². The number of alkyl carbamates (subject to hydrolysis) is 1. The molecule has 0 aromatic heterocycles. The zero-order valence-corrected chi connectivity index (χ0v) is 11.6. The van der Waals surface area contributed by atoms with Crippen LogP contribution < -0.4 is 5.32 Å². The molecule has 0 spiro atoms. The van der Waals surface area contributed by atoms with E-state index in [4.69, 9.17) is 14.2 Å². The van der Waals surface area contributed by atoms with Crippen molar-refractivity contribution in [2.75, 3.05) is 13.2 Å². The molecule has 1 amide bonds. The molecule has 1 aliphatic heterocycles. The maximum absolute atomic E-state index is 11.5. The van der Waals surface area contributed by atoms with Crippen molar-refractivity contribution in [3.05, 3.63) is 0 Å². The first-order valence-electron chi connectivity index (χ1n) is 6.06. The Bertz CT molecular complexity index is 297. The van der Waals surface area contributed by atoms with Gasteiger partial charge in [-0.2, -0.15) is 0 Å². The number of aliphatic hydroxyl groups excluding tert-OH is 1. The Hall–Kier alpha value is -0.850. The second-order valence-corrected chi connectivity index (χ2v) is 5.78. The zero-order chi connectivity index (χ0) is 14.0. The number of hydrogen-bond donors (Lipinski definition) is 2. The molecule has 6 nitrogen and oxygen atoms in total. The largest absolute Gasteiger partial charge is 0.444 e. The van der Waals surface area contributed by atoms with Crippen LogP contribution >= 0.6 is 0 Å². The topological polar surface area (TPSA) is 77.0 Å². The second-order valence-electron chi connectivity index (χ2n) is 5.78. The summed E-state index contributed by atoms with van der Waals surface area (Å²) >= 11 is 0. The van der Waals surface area contributed by atoms with Crippen molar-refractivity contribution in [2.24, 2.45) is 0 Å². The predicted octanol–water partition coefficient (Wildman–Crippen LogP) is 1.02. The van der Waals surface area contributed by atoms with Crippen molar-refractivity contribution in [1.29, 1.82) is 0 Å². The maximum Gasteiger partial charge on any atom is 0.407 e. The molecular weight excluding hydrogens is 238 g/mol. The fourth-order valence-electron chi connectivity index (χ4n) is 1.73. The summed E-state index contributed by atoms with van der Waals surface area (Å²) in [5, 5.41) is 11.8. The Labute approximate surface area is 108 Å². The van der Waals surface area contributed by atoms with Gasteiger partial charge in [-0.05, 0) is 34.6 Å². The molecule has 1 heterocycles. The van der Waals surface area contributed by atoms with Crippen LogP contribution in [-0.2, 0) is 14.2 Å². The number of rotatable bonds is 3. The Balaban J connectivity index is 2.41. The Morgan fingerprint density at radius 3 is 2.39 bits per heavy atom. The number of carbonyl (C=O) groups excluding carboxylic acids is 1. The molecule has 1 aliphatic rings. The van der Waals surface area contributed by atoms with E-state index in [0.29, 0.717) is 0 Å². The zero-order valence-electron chi connectivity index (χ0n) is 11.6. The van der Waals surface area contributed by atoms with Gasteiger partial charge < -0.3 is 24.6 Å². The van der Waals surface area contributed by atoms with Crippen LogP contribution in [0.2, 0.25) is 0 Å². The molecule has 2 atom stereocenters. The molecule has 0 bridgehead atoms. The summed E-state index contributed by atoms with van der Waals surface area (Å²) in [7, 11) is 0. The lowest BCUT2D eigenvalue weighted by molar-refractivity contribution is -0.148. The quantitative estimate of drug-likeness (QED) is 0.793. The fourth-order valence-corrected chi connectivity index (χ4v) is 1.73. The summed E-state index contributed by atoms with van der Waals surface area (Å²) in [5.74, 6) is -0.742. The average molecular weight is 261 g/mol. The molecule has 0 radical (unpaired) electrons. The highest BCUT2D eigenvalue weighted by atomic mass is 16.8. The lowest BCUT2D eigenvalue weighted by Crippen LogP contribution is -2.41. The van der Waals surface area contributed by atoms with Crippen molar-refractivity contribution in [3.63, 3.8) is 0 Å². The van der Waals surface area contributed by atoms with Gasteiger partial charge >= 0.3 is 6.09 Å². The number of aliphatic hydroxyl groups is 1. The van der Waals surface area contributed by atoms with Gasteiger partial charge in [0.2, 0.25) is 0 Å². The van der Waals surface area contributed by atoms with E-state index in [-0.39, 0.29) is 19.3 Å². The van der Waals surface area contributed by atoms with Gasteiger partial charge in [-0.3, -0.25) is 0 Å². The smallest absolute Gasteiger partial charge is 0.407 e. The molecule has 0 aromatic rings. The lowest BCUT2D eigenvalue weighted by Gasteiger charge is -2.21. The van der Waals surface area contributed by atoms with Crippen LogP contribution in [-0.4, -0.2) is 47.9 Å². The average Bonchev–Trinajstić information content (AvgIpc) is 2.47. The molecule has 0 aliphatic carbocycles. The number of hydrogen-bond acceptors (Lipinski definition) is 5. The third kappa shape index (κ3) is 4.80. The van der Waals surface area contributed by atoms with Gasteiger partial charge in [-0.25, -0.2) is 4.79 Å². The Morgan fingerprint density at radius 1 is 1.33 bits per heavy atom. The molecule has 106 valence electrons. The normalized spacial score (nSPS) is 27.0. The minimum Gasteiger partial charge on any atom is -0.444 e. The third-order valence-corrected chi connectivity index (χ3v) is 2.31. The predicted molar refractivity (Wildman–Crippen MR) is 65.1 cm³/mol. The Kier molecular flexibility index (Phi) is 4.58. The van der Waals surface area contributed by atoms with Crippen molar-refractivity contribution in [3.8, 4) is 0 Å². The van der Waals surface area contributed by atoms with Gasteiger partial charge in [0.1, 0.15) is 17.8 Å². The fraction of sp³-hybridized carbons (Fsp3) is 0.917. The summed E-state index contributed by atoms with van der Waals surface area (Å²) in [6.45, 7) is 9.00.